The van der Waals surface area contributed by atoms with Crippen molar-refractivity contribution in [1.29, 1.82) is 0 Å². The van der Waals surface area contributed by atoms with Crippen molar-refractivity contribution in [2.75, 3.05) is 24.7 Å². The van der Waals surface area contributed by atoms with E-state index in [0.717, 1.165) is 31.9 Å². The van der Waals surface area contributed by atoms with Gasteiger partial charge in [0.2, 0.25) is 5.95 Å². The van der Waals surface area contributed by atoms with Gasteiger partial charge >= 0.3 is 12.1 Å². The summed E-state index contributed by atoms with van der Waals surface area (Å²) < 4.78 is 43.5. The summed E-state index contributed by atoms with van der Waals surface area (Å²) >= 11 is 0. The van der Waals surface area contributed by atoms with E-state index in [-0.39, 0.29) is 12.2 Å². The lowest BCUT2D eigenvalue weighted by Crippen LogP contribution is -2.42. The number of halogens is 3. The number of nitrogens with zero attached hydrogens (tertiary/aromatic N) is 3. The summed E-state index contributed by atoms with van der Waals surface area (Å²) in [6.07, 6.45) is 2.64. The topological polar surface area (TPSA) is 84.8 Å². The Kier molecular flexibility index (Phi) is 6.92. The highest BCUT2D eigenvalue weighted by Gasteiger charge is 2.45. The minimum absolute atomic E-state index is 0.0760. The summed E-state index contributed by atoms with van der Waals surface area (Å²) in [6.45, 7) is 5.86. The smallest absolute Gasteiger partial charge is 0.475 e. The van der Waals surface area contributed by atoms with Crippen LogP contribution in [0.1, 0.15) is 12.8 Å². The molecule has 2 saturated heterocycles. The Labute approximate surface area is 148 Å². The number of hydrogen-bond donors (Lipinski definition) is 1. The van der Waals surface area contributed by atoms with Crippen LogP contribution in [0.4, 0.5) is 19.1 Å². The molecule has 0 aromatic carbocycles. The van der Waals surface area contributed by atoms with Gasteiger partial charge in [0.1, 0.15) is 12.2 Å². The fraction of sp³-hybridized carbons (Fsp3) is 0.562. The van der Waals surface area contributed by atoms with Gasteiger partial charge in [0.25, 0.3) is 0 Å². The molecule has 144 valence electrons. The number of ether oxygens (including phenoxy) is 2. The molecule has 0 bridgehead atoms. The second-order valence-corrected chi connectivity index (χ2v) is 5.71. The van der Waals surface area contributed by atoms with Crippen molar-refractivity contribution in [3.8, 4) is 0 Å². The number of rotatable bonds is 4. The van der Waals surface area contributed by atoms with Crippen LogP contribution in [0.25, 0.3) is 0 Å². The van der Waals surface area contributed by atoms with E-state index in [1.807, 2.05) is 6.07 Å². The van der Waals surface area contributed by atoms with E-state index < -0.39 is 12.1 Å². The van der Waals surface area contributed by atoms with Crippen molar-refractivity contribution in [2.45, 2.75) is 37.3 Å². The summed E-state index contributed by atoms with van der Waals surface area (Å²) in [5.41, 5.74) is 0. The molecule has 2 aliphatic rings. The maximum Gasteiger partial charge on any atom is 0.490 e. The van der Waals surface area contributed by atoms with E-state index in [1.165, 1.54) is 0 Å². The first-order chi connectivity index (χ1) is 12.3. The minimum atomic E-state index is -5.08. The number of alkyl halides is 3. The van der Waals surface area contributed by atoms with Crippen molar-refractivity contribution in [3.05, 3.63) is 31.1 Å². The van der Waals surface area contributed by atoms with Crippen molar-refractivity contribution in [3.63, 3.8) is 0 Å². The van der Waals surface area contributed by atoms with Gasteiger partial charge in [0.05, 0.1) is 19.2 Å². The monoisotopic (exact) mass is 375 g/mol. The number of carbonyl (C=O) groups is 1. The fourth-order valence-corrected chi connectivity index (χ4v) is 2.92. The van der Waals surface area contributed by atoms with Gasteiger partial charge in [0.15, 0.2) is 0 Å². The Morgan fingerprint density at radius 1 is 1.46 bits per heavy atom. The third-order valence-electron chi connectivity index (χ3n) is 3.96. The molecular formula is C16H20F3N3O4. The maximum atomic E-state index is 10.6. The Bertz CT molecular complexity index is 600. The van der Waals surface area contributed by atoms with Gasteiger partial charge in [-0.05, 0) is 18.9 Å². The summed E-state index contributed by atoms with van der Waals surface area (Å²) in [5, 5.41) is 7.12. The van der Waals surface area contributed by atoms with Gasteiger partial charge in [-0.15, -0.1) is 6.58 Å². The average molecular weight is 375 g/mol. The van der Waals surface area contributed by atoms with Crippen LogP contribution in [0.3, 0.4) is 0 Å². The molecule has 10 heteroatoms. The second-order valence-electron chi connectivity index (χ2n) is 5.71. The van der Waals surface area contributed by atoms with E-state index in [2.05, 4.69) is 21.4 Å². The maximum absolute atomic E-state index is 10.6. The first kappa shape index (κ1) is 20.1. The molecule has 3 heterocycles. The number of carboxylic acid groups (broad SMARTS) is 1. The van der Waals surface area contributed by atoms with E-state index in [9.17, 15) is 13.2 Å². The normalized spacial score (nSPS) is 25.0. The number of fused-ring (bicyclic) bond motifs is 1. The number of carboxylic acids is 1. The van der Waals surface area contributed by atoms with E-state index in [1.54, 1.807) is 18.5 Å². The zero-order valence-electron chi connectivity index (χ0n) is 13.9. The molecule has 7 nitrogen and oxygen atoms in total. The zero-order chi connectivity index (χ0) is 19.2. The third-order valence-corrected chi connectivity index (χ3v) is 3.96. The van der Waals surface area contributed by atoms with Crippen molar-refractivity contribution in [2.24, 2.45) is 0 Å². The van der Waals surface area contributed by atoms with E-state index >= 15 is 0 Å². The van der Waals surface area contributed by atoms with Gasteiger partial charge in [0, 0.05) is 19.0 Å². The number of aromatic nitrogens is 2. The summed E-state index contributed by atoms with van der Waals surface area (Å²) in [7, 11) is 0. The molecule has 0 aliphatic carbocycles. The lowest BCUT2D eigenvalue weighted by molar-refractivity contribution is -0.192. The van der Waals surface area contributed by atoms with Gasteiger partial charge in [-0.25, -0.2) is 14.8 Å². The van der Waals surface area contributed by atoms with E-state index in [4.69, 9.17) is 19.4 Å². The molecule has 0 saturated carbocycles. The number of aliphatic carboxylic acids is 1. The molecule has 3 rings (SSSR count). The van der Waals surface area contributed by atoms with Gasteiger partial charge in [-0.2, -0.15) is 13.2 Å². The predicted octanol–water partition coefficient (Wildman–Crippen LogP) is 2.05. The van der Waals surface area contributed by atoms with Crippen LogP contribution in [0, 0.1) is 0 Å². The Balaban J connectivity index is 0.000000298. The number of hydrogen-bond acceptors (Lipinski definition) is 6. The summed E-state index contributed by atoms with van der Waals surface area (Å²) in [4.78, 5) is 19.8. The molecule has 3 atom stereocenters. The standard InChI is InChI=1S/C14H19N3O2.C2HF3O2/c1-2-8-18-12-10-17(14-15-6-4-7-16-14)11-5-3-9-19-13(11)12;3-2(4,5)1(6)7/h2,4,6-7,11-13H,1,3,5,8-10H2;(H,6,7)/t11-,12-,13+;/m1./s1. The lowest BCUT2D eigenvalue weighted by atomic mass is 10.0. The molecule has 0 unspecified atom stereocenters. The number of anilines is 1. The van der Waals surface area contributed by atoms with Crippen LogP contribution in [0.5, 0.6) is 0 Å². The lowest BCUT2D eigenvalue weighted by Gasteiger charge is -2.31. The molecular weight excluding hydrogens is 355 g/mol. The van der Waals surface area contributed by atoms with Crippen molar-refractivity contribution < 1.29 is 32.5 Å². The van der Waals surface area contributed by atoms with Crippen LogP contribution in [0.2, 0.25) is 0 Å². The Hall–Kier alpha value is -2.20. The molecule has 2 fully saturated rings. The SMILES string of the molecule is C=CCO[C@@H]1CN(c2ncccn2)[C@@H]2CCCO[C@@H]21.O=C(O)C(F)(F)F. The quantitative estimate of drug-likeness (QED) is 0.806. The van der Waals surface area contributed by atoms with Gasteiger partial charge in [-0.3, -0.25) is 0 Å². The van der Waals surface area contributed by atoms with Crippen molar-refractivity contribution >= 4 is 11.9 Å². The highest BCUT2D eigenvalue weighted by atomic mass is 19.4. The molecule has 0 spiro atoms. The van der Waals surface area contributed by atoms with Crippen LogP contribution in [0.15, 0.2) is 31.1 Å². The largest absolute Gasteiger partial charge is 0.490 e. The molecule has 26 heavy (non-hydrogen) atoms. The first-order valence-electron chi connectivity index (χ1n) is 8.02. The van der Waals surface area contributed by atoms with Gasteiger partial charge < -0.3 is 19.5 Å². The Morgan fingerprint density at radius 2 is 2.12 bits per heavy atom. The highest BCUT2D eigenvalue weighted by Crippen LogP contribution is 2.32. The van der Waals surface area contributed by atoms with Crippen LogP contribution >= 0.6 is 0 Å². The Morgan fingerprint density at radius 3 is 2.69 bits per heavy atom. The van der Waals surface area contributed by atoms with Crippen LogP contribution in [-0.4, -0.2) is 65.2 Å². The molecule has 1 N–H and O–H groups in total. The molecule has 0 amide bonds. The first-order valence-corrected chi connectivity index (χ1v) is 8.02. The summed E-state index contributed by atoms with van der Waals surface area (Å²) in [5.74, 6) is -1.99. The second kappa shape index (κ2) is 8.95. The fourth-order valence-electron chi connectivity index (χ4n) is 2.92. The molecule has 2 aliphatic heterocycles. The summed E-state index contributed by atoms with van der Waals surface area (Å²) in [6, 6.07) is 2.16. The molecule has 1 aromatic heterocycles. The molecule has 0 radical (unpaired) electrons. The van der Waals surface area contributed by atoms with Crippen LogP contribution < -0.4 is 4.90 Å². The highest BCUT2D eigenvalue weighted by molar-refractivity contribution is 5.73. The average Bonchev–Trinajstić information content (AvgIpc) is 2.99. The van der Waals surface area contributed by atoms with Crippen molar-refractivity contribution in [1.82, 2.24) is 9.97 Å². The van der Waals surface area contributed by atoms with Crippen LogP contribution in [-0.2, 0) is 14.3 Å². The van der Waals surface area contributed by atoms with E-state index in [0.29, 0.717) is 12.6 Å². The van der Waals surface area contributed by atoms with Gasteiger partial charge in [-0.1, -0.05) is 6.08 Å². The third kappa shape index (κ3) is 5.15. The minimum Gasteiger partial charge on any atom is -0.475 e. The molecule has 1 aromatic rings. The zero-order valence-corrected chi connectivity index (χ0v) is 13.9. The predicted molar refractivity (Wildman–Crippen MR) is 85.8 cm³/mol.